The van der Waals surface area contributed by atoms with Crippen molar-refractivity contribution in [2.75, 3.05) is 0 Å². The quantitative estimate of drug-likeness (QED) is 0.835. The smallest absolute Gasteiger partial charge is 0.250 e. The van der Waals surface area contributed by atoms with Crippen molar-refractivity contribution in [1.82, 2.24) is 9.71 Å². The molecule has 0 atom stereocenters. The Labute approximate surface area is 150 Å². The first-order chi connectivity index (χ1) is 10.4. The van der Waals surface area contributed by atoms with E-state index in [9.17, 15) is 8.42 Å². The zero-order valence-electron chi connectivity index (χ0n) is 12.7. The van der Waals surface area contributed by atoms with Crippen molar-refractivity contribution in [1.29, 1.82) is 0 Å². The highest BCUT2D eigenvalue weighted by molar-refractivity contribution is 7.91. The third kappa shape index (κ3) is 4.52. The number of nitrogens with zero attached hydrogens (tertiary/aromatic N) is 1. The van der Waals surface area contributed by atoms with Crippen molar-refractivity contribution in [2.45, 2.75) is 48.9 Å². The van der Waals surface area contributed by atoms with Crippen LogP contribution in [0.15, 0.2) is 21.7 Å². The Morgan fingerprint density at radius 3 is 2.57 bits per heavy atom. The van der Waals surface area contributed by atoms with Gasteiger partial charge in [0.2, 0.25) is 10.0 Å². The van der Waals surface area contributed by atoms with Crippen molar-refractivity contribution in [3.05, 3.63) is 22.5 Å². The molecular formula is C14H20ClN3O2S3. The first-order valence-corrected chi connectivity index (χ1v) is 10.4. The molecular weight excluding hydrogens is 374 g/mol. The molecule has 3 N–H and O–H groups in total. The van der Waals surface area contributed by atoms with Gasteiger partial charge >= 0.3 is 0 Å². The molecule has 0 amide bonds. The minimum Gasteiger partial charge on any atom is -0.328 e. The lowest BCUT2D eigenvalue weighted by Gasteiger charge is -2.26. The molecule has 2 aromatic heterocycles. The molecule has 9 heteroatoms. The molecule has 23 heavy (non-hydrogen) atoms. The van der Waals surface area contributed by atoms with Gasteiger partial charge in [0, 0.05) is 17.5 Å². The van der Waals surface area contributed by atoms with E-state index < -0.39 is 10.0 Å². The highest BCUT2D eigenvalue weighted by Gasteiger charge is 2.25. The number of thiophene rings is 1. The number of nitrogens with one attached hydrogen (secondary N) is 1. The number of aromatic nitrogens is 1. The summed E-state index contributed by atoms with van der Waals surface area (Å²) >= 11 is 2.83. The number of thiazole rings is 1. The van der Waals surface area contributed by atoms with Gasteiger partial charge in [-0.25, -0.2) is 18.1 Å². The molecule has 1 saturated carbocycles. The molecule has 0 unspecified atom stereocenters. The van der Waals surface area contributed by atoms with Gasteiger partial charge in [-0.2, -0.15) is 0 Å². The topological polar surface area (TPSA) is 85.1 Å². The Hall–Kier alpha value is -0.510. The molecule has 5 nitrogen and oxygen atoms in total. The molecule has 3 rings (SSSR count). The summed E-state index contributed by atoms with van der Waals surface area (Å²) in [5, 5.41) is 2.93. The minimum absolute atomic E-state index is 0. The van der Waals surface area contributed by atoms with Gasteiger partial charge < -0.3 is 5.73 Å². The van der Waals surface area contributed by atoms with E-state index in [2.05, 4.69) is 9.71 Å². The Morgan fingerprint density at radius 2 is 1.96 bits per heavy atom. The van der Waals surface area contributed by atoms with E-state index in [1.807, 2.05) is 18.4 Å². The lowest BCUT2D eigenvalue weighted by Crippen LogP contribution is -2.40. The predicted octanol–water partition coefficient (Wildman–Crippen LogP) is 3.15. The van der Waals surface area contributed by atoms with Gasteiger partial charge in [0.15, 0.2) is 0 Å². The number of halogens is 1. The molecule has 0 radical (unpaired) electrons. The van der Waals surface area contributed by atoms with E-state index in [0.717, 1.165) is 41.3 Å². The van der Waals surface area contributed by atoms with Crippen LogP contribution in [0.4, 0.5) is 0 Å². The summed E-state index contributed by atoms with van der Waals surface area (Å²) < 4.78 is 28.1. The number of rotatable bonds is 4. The zero-order valence-corrected chi connectivity index (χ0v) is 16.0. The Morgan fingerprint density at radius 1 is 1.26 bits per heavy atom. The molecule has 128 valence electrons. The van der Waals surface area contributed by atoms with Crippen LogP contribution in [-0.2, 0) is 10.0 Å². The maximum Gasteiger partial charge on any atom is 0.250 e. The molecule has 0 aliphatic heterocycles. The van der Waals surface area contributed by atoms with Crippen LogP contribution in [0, 0.1) is 6.92 Å². The number of hydrogen-bond acceptors (Lipinski definition) is 6. The van der Waals surface area contributed by atoms with Crippen LogP contribution in [0.1, 0.15) is 30.7 Å². The van der Waals surface area contributed by atoms with E-state index in [1.54, 1.807) is 17.4 Å². The second-order valence-electron chi connectivity index (χ2n) is 5.60. The molecule has 1 aliphatic carbocycles. The first kappa shape index (κ1) is 18.8. The lowest BCUT2D eigenvalue weighted by molar-refractivity contribution is 0.374. The van der Waals surface area contributed by atoms with Crippen LogP contribution in [0.25, 0.3) is 10.6 Å². The summed E-state index contributed by atoms with van der Waals surface area (Å²) in [6.07, 6.45) is 3.37. The predicted molar refractivity (Wildman–Crippen MR) is 98.0 cm³/mol. The van der Waals surface area contributed by atoms with Gasteiger partial charge in [0.05, 0.1) is 15.6 Å². The molecule has 2 aromatic rings. The summed E-state index contributed by atoms with van der Waals surface area (Å²) in [5.74, 6) is 0. The Kier molecular flexibility index (Phi) is 6.21. The van der Waals surface area contributed by atoms with Gasteiger partial charge in [0.25, 0.3) is 0 Å². The fraction of sp³-hybridized carbons (Fsp3) is 0.500. The fourth-order valence-electron chi connectivity index (χ4n) is 2.59. The number of aryl methyl sites for hydroxylation is 1. The van der Waals surface area contributed by atoms with Crippen molar-refractivity contribution in [2.24, 2.45) is 5.73 Å². The maximum atomic E-state index is 12.5. The molecule has 0 aromatic carbocycles. The number of nitrogens with two attached hydrogens (primary N) is 1. The summed E-state index contributed by atoms with van der Waals surface area (Å²) in [6.45, 7) is 1.94. The van der Waals surface area contributed by atoms with Crippen molar-refractivity contribution < 1.29 is 8.42 Å². The molecule has 0 bridgehead atoms. The normalized spacial score (nSPS) is 21.8. The second kappa shape index (κ2) is 7.58. The van der Waals surface area contributed by atoms with Crippen LogP contribution >= 0.6 is 35.1 Å². The Balaban J connectivity index is 0.00000192. The summed E-state index contributed by atoms with van der Waals surface area (Å²) in [4.78, 5) is 5.28. The second-order valence-corrected chi connectivity index (χ2v) is 9.69. The highest BCUT2D eigenvalue weighted by Crippen LogP contribution is 2.31. The monoisotopic (exact) mass is 393 g/mol. The first-order valence-electron chi connectivity index (χ1n) is 7.24. The average Bonchev–Trinajstić information content (AvgIpc) is 3.10. The summed E-state index contributed by atoms with van der Waals surface area (Å²) in [6, 6.07) is 3.69. The van der Waals surface area contributed by atoms with E-state index in [0.29, 0.717) is 4.21 Å². The van der Waals surface area contributed by atoms with Crippen LogP contribution in [-0.4, -0.2) is 25.5 Å². The van der Waals surface area contributed by atoms with Gasteiger partial charge in [-0.3, -0.25) is 0 Å². The lowest BCUT2D eigenvalue weighted by atomic mass is 9.93. The largest absolute Gasteiger partial charge is 0.328 e. The fourth-order valence-corrected chi connectivity index (χ4v) is 5.87. The average molecular weight is 394 g/mol. The number of hydrogen-bond donors (Lipinski definition) is 2. The van der Waals surface area contributed by atoms with Gasteiger partial charge in [-0.15, -0.1) is 35.1 Å². The molecule has 0 spiro atoms. The van der Waals surface area contributed by atoms with E-state index in [1.165, 1.54) is 11.3 Å². The van der Waals surface area contributed by atoms with Crippen molar-refractivity contribution in [3.63, 3.8) is 0 Å². The van der Waals surface area contributed by atoms with Gasteiger partial charge in [0.1, 0.15) is 4.21 Å². The van der Waals surface area contributed by atoms with Crippen LogP contribution in [0.3, 0.4) is 0 Å². The van der Waals surface area contributed by atoms with E-state index in [4.69, 9.17) is 5.73 Å². The van der Waals surface area contributed by atoms with Crippen LogP contribution < -0.4 is 10.5 Å². The third-order valence-electron chi connectivity index (χ3n) is 3.81. The minimum atomic E-state index is -3.45. The zero-order chi connectivity index (χ0) is 15.7. The van der Waals surface area contributed by atoms with E-state index >= 15 is 0 Å². The van der Waals surface area contributed by atoms with Gasteiger partial charge in [-0.1, -0.05) is 0 Å². The summed E-state index contributed by atoms with van der Waals surface area (Å²) in [5.41, 5.74) is 6.71. The van der Waals surface area contributed by atoms with Crippen molar-refractivity contribution in [3.8, 4) is 10.6 Å². The highest BCUT2D eigenvalue weighted by atomic mass is 35.5. The molecule has 2 heterocycles. The molecule has 1 fully saturated rings. The standard InChI is InChI=1S/C14H19N3O2S3.ClH/c1-9-16-12(8-20-9)13-6-7-14(21-13)22(18,19)17-11-4-2-10(15)3-5-11;/h6-8,10-11,17H,2-5,15H2,1H3;1H. The number of sulfonamides is 1. The van der Waals surface area contributed by atoms with E-state index in [-0.39, 0.29) is 24.5 Å². The van der Waals surface area contributed by atoms with Crippen LogP contribution in [0.5, 0.6) is 0 Å². The third-order valence-corrected chi connectivity index (χ3v) is 7.70. The van der Waals surface area contributed by atoms with Gasteiger partial charge in [-0.05, 0) is 44.7 Å². The van der Waals surface area contributed by atoms with Crippen LogP contribution in [0.2, 0.25) is 0 Å². The van der Waals surface area contributed by atoms with Crippen molar-refractivity contribution >= 4 is 45.1 Å². The summed E-state index contributed by atoms with van der Waals surface area (Å²) in [7, 11) is -3.45. The Bertz CT molecular complexity index is 749. The SMILES string of the molecule is Cc1nc(-c2ccc(S(=O)(=O)NC3CCC(N)CC3)s2)cs1.Cl. The molecule has 0 saturated heterocycles. The molecule has 1 aliphatic rings. The maximum absolute atomic E-state index is 12.5.